The molecule has 1 aromatic rings. The Kier molecular flexibility index (Phi) is 2.44. The van der Waals surface area contributed by atoms with Crippen LogP contribution < -0.4 is 0 Å². The minimum atomic E-state index is -0.157. The number of esters is 1. The number of ether oxygens (including phenoxy) is 1. The van der Waals surface area contributed by atoms with Crippen molar-refractivity contribution < 1.29 is 9.53 Å². The highest BCUT2D eigenvalue weighted by atomic mass is 16.5. The molecule has 0 N–H and O–H groups in total. The Bertz CT molecular complexity index is 568. The molecular formula is C17H20O2. The number of hydrogen-bond donors (Lipinski definition) is 0. The summed E-state index contributed by atoms with van der Waals surface area (Å²) in [5, 5.41) is 0. The van der Waals surface area contributed by atoms with E-state index in [4.69, 9.17) is 4.74 Å². The van der Waals surface area contributed by atoms with Crippen LogP contribution in [-0.4, -0.2) is 12.1 Å². The molecule has 0 aliphatic heterocycles. The first-order valence-electron chi connectivity index (χ1n) is 6.90. The van der Waals surface area contributed by atoms with Crippen molar-refractivity contribution in [1.29, 1.82) is 0 Å². The molecule has 0 saturated heterocycles. The summed E-state index contributed by atoms with van der Waals surface area (Å²) in [6.45, 7) is 8.12. The van der Waals surface area contributed by atoms with Gasteiger partial charge in [0.15, 0.2) is 0 Å². The molecule has 0 bridgehead atoms. The lowest BCUT2D eigenvalue weighted by molar-refractivity contribution is -0.150. The van der Waals surface area contributed by atoms with E-state index in [1.165, 1.54) is 11.1 Å². The highest BCUT2D eigenvalue weighted by Crippen LogP contribution is 2.72. The van der Waals surface area contributed by atoms with Gasteiger partial charge in [-0.05, 0) is 30.4 Å². The molecular weight excluding hydrogens is 236 g/mol. The SMILES string of the molecule is CC(C)OC(=O)C1C(C)(C)C12C=Cc1ccccc12. The van der Waals surface area contributed by atoms with E-state index in [1.807, 2.05) is 26.0 Å². The van der Waals surface area contributed by atoms with Gasteiger partial charge in [0.05, 0.1) is 12.0 Å². The second-order valence-electron chi connectivity index (χ2n) is 6.43. The van der Waals surface area contributed by atoms with Crippen molar-refractivity contribution in [3.05, 3.63) is 41.5 Å². The molecule has 1 saturated carbocycles. The first-order valence-corrected chi connectivity index (χ1v) is 6.90. The zero-order valence-electron chi connectivity index (χ0n) is 11.9. The third-order valence-corrected chi connectivity index (χ3v) is 4.68. The van der Waals surface area contributed by atoms with E-state index in [1.54, 1.807) is 0 Å². The van der Waals surface area contributed by atoms with Gasteiger partial charge in [-0.1, -0.05) is 50.3 Å². The van der Waals surface area contributed by atoms with Crippen LogP contribution in [0.2, 0.25) is 0 Å². The molecule has 2 aliphatic rings. The normalized spacial score (nSPS) is 29.6. The number of carbonyl (C=O) groups is 1. The molecule has 1 fully saturated rings. The number of allylic oxidation sites excluding steroid dienone is 1. The Balaban J connectivity index is 2.00. The number of carbonyl (C=O) groups excluding carboxylic acids is 1. The lowest BCUT2D eigenvalue weighted by Crippen LogP contribution is -2.18. The van der Waals surface area contributed by atoms with Gasteiger partial charge >= 0.3 is 5.97 Å². The monoisotopic (exact) mass is 256 g/mol. The van der Waals surface area contributed by atoms with Crippen molar-refractivity contribution in [2.24, 2.45) is 11.3 Å². The summed E-state index contributed by atoms with van der Waals surface area (Å²) < 4.78 is 5.44. The molecule has 2 aliphatic carbocycles. The maximum atomic E-state index is 12.3. The van der Waals surface area contributed by atoms with Gasteiger partial charge in [-0.3, -0.25) is 4.79 Å². The second kappa shape index (κ2) is 3.72. The van der Waals surface area contributed by atoms with Crippen LogP contribution in [0.15, 0.2) is 30.3 Å². The molecule has 2 unspecified atom stereocenters. The van der Waals surface area contributed by atoms with Gasteiger partial charge < -0.3 is 4.74 Å². The van der Waals surface area contributed by atoms with Gasteiger partial charge in [0, 0.05) is 5.41 Å². The minimum Gasteiger partial charge on any atom is -0.463 e. The van der Waals surface area contributed by atoms with E-state index in [2.05, 4.69) is 38.1 Å². The van der Waals surface area contributed by atoms with E-state index in [-0.39, 0.29) is 28.8 Å². The summed E-state index contributed by atoms with van der Waals surface area (Å²) in [7, 11) is 0. The van der Waals surface area contributed by atoms with Crippen LogP contribution in [0, 0.1) is 11.3 Å². The van der Waals surface area contributed by atoms with Crippen LogP contribution in [0.25, 0.3) is 6.08 Å². The smallest absolute Gasteiger partial charge is 0.311 e. The predicted octanol–water partition coefficient (Wildman–Crippen LogP) is 3.56. The predicted molar refractivity (Wildman–Crippen MR) is 75.7 cm³/mol. The quantitative estimate of drug-likeness (QED) is 0.756. The van der Waals surface area contributed by atoms with E-state index in [0.717, 1.165) is 0 Å². The highest BCUT2D eigenvalue weighted by molar-refractivity contribution is 5.86. The molecule has 3 rings (SSSR count). The number of hydrogen-bond acceptors (Lipinski definition) is 2. The molecule has 100 valence electrons. The van der Waals surface area contributed by atoms with Crippen molar-refractivity contribution >= 4 is 12.0 Å². The Morgan fingerprint density at radius 1 is 1.26 bits per heavy atom. The number of fused-ring (bicyclic) bond motifs is 2. The summed E-state index contributed by atoms with van der Waals surface area (Å²) >= 11 is 0. The highest BCUT2D eigenvalue weighted by Gasteiger charge is 2.75. The lowest BCUT2D eigenvalue weighted by Gasteiger charge is -2.13. The molecule has 0 radical (unpaired) electrons. The third-order valence-electron chi connectivity index (χ3n) is 4.68. The third kappa shape index (κ3) is 1.46. The summed E-state index contributed by atoms with van der Waals surface area (Å²) in [5.74, 6) is -0.136. The molecule has 1 spiro atoms. The van der Waals surface area contributed by atoms with Crippen LogP contribution >= 0.6 is 0 Å². The van der Waals surface area contributed by atoms with Gasteiger partial charge in [0.1, 0.15) is 0 Å². The number of benzene rings is 1. The van der Waals surface area contributed by atoms with Gasteiger partial charge in [-0.2, -0.15) is 0 Å². The molecule has 0 aromatic heterocycles. The maximum absolute atomic E-state index is 12.3. The van der Waals surface area contributed by atoms with Gasteiger partial charge in [-0.15, -0.1) is 0 Å². The first kappa shape index (κ1) is 12.5. The maximum Gasteiger partial charge on any atom is 0.311 e. The van der Waals surface area contributed by atoms with Crippen LogP contribution in [-0.2, 0) is 14.9 Å². The average Bonchev–Trinajstić information content (AvgIpc) is 2.64. The second-order valence-corrected chi connectivity index (χ2v) is 6.43. The standard InChI is InChI=1S/C17H20O2/c1-11(2)19-15(18)14-16(3,4)17(14)10-9-12-7-5-6-8-13(12)17/h5-11,14H,1-4H3. The van der Waals surface area contributed by atoms with E-state index in [9.17, 15) is 4.79 Å². The lowest BCUT2D eigenvalue weighted by atomic mass is 9.90. The van der Waals surface area contributed by atoms with Gasteiger partial charge in [-0.25, -0.2) is 0 Å². The summed E-state index contributed by atoms with van der Waals surface area (Å²) in [5.41, 5.74) is 2.28. The zero-order valence-corrected chi connectivity index (χ0v) is 11.9. The summed E-state index contributed by atoms with van der Waals surface area (Å²) in [4.78, 5) is 12.3. The molecule has 2 atom stereocenters. The Labute approximate surface area is 114 Å². The molecule has 2 nitrogen and oxygen atoms in total. The Morgan fingerprint density at radius 3 is 2.63 bits per heavy atom. The van der Waals surface area contributed by atoms with E-state index < -0.39 is 0 Å². The van der Waals surface area contributed by atoms with Crippen molar-refractivity contribution in [2.75, 3.05) is 0 Å². The Hall–Kier alpha value is -1.57. The first-order chi connectivity index (χ1) is 8.91. The van der Waals surface area contributed by atoms with E-state index >= 15 is 0 Å². The summed E-state index contributed by atoms with van der Waals surface area (Å²) in [6, 6.07) is 8.34. The fourth-order valence-electron chi connectivity index (χ4n) is 3.72. The average molecular weight is 256 g/mol. The van der Waals surface area contributed by atoms with Crippen molar-refractivity contribution in [1.82, 2.24) is 0 Å². The zero-order chi connectivity index (χ0) is 13.8. The molecule has 0 heterocycles. The van der Waals surface area contributed by atoms with Crippen molar-refractivity contribution in [3.63, 3.8) is 0 Å². The fraction of sp³-hybridized carbons (Fsp3) is 0.471. The molecule has 2 heteroatoms. The molecule has 0 amide bonds. The summed E-state index contributed by atoms with van der Waals surface area (Å²) in [6.07, 6.45) is 4.28. The van der Waals surface area contributed by atoms with Crippen molar-refractivity contribution in [3.8, 4) is 0 Å². The van der Waals surface area contributed by atoms with Gasteiger partial charge in [0.2, 0.25) is 0 Å². The van der Waals surface area contributed by atoms with Crippen LogP contribution in [0.1, 0.15) is 38.8 Å². The van der Waals surface area contributed by atoms with Gasteiger partial charge in [0.25, 0.3) is 0 Å². The number of rotatable bonds is 2. The van der Waals surface area contributed by atoms with Crippen molar-refractivity contribution in [2.45, 2.75) is 39.2 Å². The topological polar surface area (TPSA) is 26.3 Å². The van der Waals surface area contributed by atoms with E-state index in [0.29, 0.717) is 0 Å². The molecule has 19 heavy (non-hydrogen) atoms. The minimum absolute atomic E-state index is 0.0541. The molecule has 1 aromatic carbocycles. The fourth-order valence-corrected chi connectivity index (χ4v) is 3.72. The van der Waals surface area contributed by atoms with Crippen LogP contribution in [0.5, 0.6) is 0 Å². The Morgan fingerprint density at radius 2 is 1.95 bits per heavy atom. The largest absolute Gasteiger partial charge is 0.463 e. The van der Waals surface area contributed by atoms with Crippen LogP contribution in [0.4, 0.5) is 0 Å². The van der Waals surface area contributed by atoms with Crippen LogP contribution in [0.3, 0.4) is 0 Å².